The molecule has 3 N–H and O–H groups in total. The van der Waals surface area contributed by atoms with E-state index in [1.165, 1.54) is 0 Å². The summed E-state index contributed by atoms with van der Waals surface area (Å²) in [5, 5.41) is 2.95. The van der Waals surface area contributed by atoms with Gasteiger partial charge in [-0.25, -0.2) is 0 Å². The molecule has 5 nitrogen and oxygen atoms in total. The molecule has 3 rings (SSSR count). The Kier molecular flexibility index (Phi) is 2.83. The van der Waals surface area contributed by atoms with E-state index < -0.39 is 0 Å². The van der Waals surface area contributed by atoms with Crippen LogP contribution in [0.1, 0.15) is 23.2 Å². The van der Waals surface area contributed by atoms with Crippen LogP contribution in [0.2, 0.25) is 0 Å². The lowest BCUT2D eigenvalue weighted by Gasteiger charge is -2.33. The number of fused-ring (bicyclic) bond motifs is 1. The number of benzene rings is 1. The number of ether oxygens (including phenoxy) is 2. The predicted octanol–water partition coefficient (Wildman–Crippen LogP) is 0.677. The standard InChI is InChI=1S/C13H16N2O3/c14-9-6-10(7-9)15-13(16)8-1-2-11-12(5-8)18-4-3-17-11/h1-2,5,9-10H,3-4,6-7,14H2,(H,15,16). The van der Waals surface area contributed by atoms with Gasteiger partial charge >= 0.3 is 0 Å². The molecule has 96 valence electrons. The fourth-order valence-corrected chi connectivity index (χ4v) is 2.23. The van der Waals surface area contributed by atoms with Gasteiger partial charge in [-0.3, -0.25) is 4.79 Å². The lowest BCUT2D eigenvalue weighted by Crippen LogP contribution is -2.50. The van der Waals surface area contributed by atoms with E-state index in [0.29, 0.717) is 30.3 Å². The van der Waals surface area contributed by atoms with Crippen LogP contribution >= 0.6 is 0 Å². The molecule has 1 saturated carbocycles. The number of rotatable bonds is 2. The van der Waals surface area contributed by atoms with E-state index in [0.717, 1.165) is 12.8 Å². The molecular formula is C13H16N2O3. The smallest absolute Gasteiger partial charge is 0.251 e. The van der Waals surface area contributed by atoms with Gasteiger partial charge in [-0.2, -0.15) is 0 Å². The van der Waals surface area contributed by atoms with Gasteiger partial charge in [0.2, 0.25) is 0 Å². The first kappa shape index (κ1) is 11.3. The van der Waals surface area contributed by atoms with Crippen LogP contribution < -0.4 is 20.5 Å². The maximum Gasteiger partial charge on any atom is 0.251 e. The lowest BCUT2D eigenvalue weighted by atomic mass is 9.87. The van der Waals surface area contributed by atoms with Crippen LogP contribution in [0.25, 0.3) is 0 Å². The average molecular weight is 248 g/mol. The third-order valence-corrected chi connectivity index (χ3v) is 3.31. The summed E-state index contributed by atoms with van der Waals surface area (Å²) in [5.41, 5.74) is 6.28. The Morgan fingerprint density at radius 1 is 1.22 bits per heavy atom. The number of amides is 1. The van der Waals surface area contributed by atoms with Crippen molar-refractivity contribution in [3.05, 3.63) is 23.8 Å². The Morgan fingerprint density at radius 2 is 1.94 bits per heavy atom. The van der Waals surface area contributed by atoms with Crippen LogP contribution in [0.5, 0.6) is 11.5 Å². The van der Waals surface area contributed by atoms with Crippen molar-refractivity contribution in [3.63, 3.8) is 0 Å². The van der Waals surface area contributed by atoms with Crippen molar-refractivity contribution in [2.75, 3.05) is 13.2 Å². The molecule has 0 atom stereocenters. The molecule has 2 aliphatic rings. The van der Waals surface area contributed by atoms with Gasteiger partial charge < -0.3 is 20.5 Å². The number of hydrogen-bond acceptors (Lipinski definition) is 4. The van der Waals surface area contributed by atoms with Gasteiger partial charge in [0.05, 0.1) is 0 Å². The van der Waals surface area contributed by atoms with E-state index in [2.05, 4.69) is 5.32 Å². The predicted molar refractivity (Wildman–Crippen MR) is 65.9 cm³/mol. The Hall–Kier alpha value is -1.75. The molecule has 0 unspecified atom stereocenters. The zero-order valence-electron chi connectivity index (χ0n) is 10.0. The van der Waals surface area contributed by atoms with Crippen LogP contribution in [-0.4, -0.2) is 31.2 Å². The summed E-state index contributed by atoms with van der Waals surface area (Å²) < 4.78 is 10.9. The Balaban J connectivity index is 1.69. The van der Waals surface area contributed by atoms with Gasteiger partial charge in [0.25, 0.3) is 5.91 Å². The SMILES string of the molecule is NC1CC(NC(=O)c2ccc3c(c2)OCCO3)C1. The highest BCUT2D eigenvalue weighted by Gasteiger charge is 2.27. The summed E-state index contributed by atoms with van der Waals surface area (Å²) in [6.45, 7) is 1.08. The number of nitrogens with one attached hydrogen (secondary N) is 1. The van der Waals surface area contributed by atoms with E-state index in [1.807, 2.05) is 0 Å². The summed E-state index contributed by atoms with van der Waals surface area (Å²) in [4.78, 5) is 12.0. The summed E-state index contributed by atoms with van der Waals surface area (Å²) in [5.74, 6) is 1.26. The topological polar surface area (TPSA) is 73.6 Å². The van der Waals surface area contributed by atoms with Gasteiger partial charge in [0.15, 0.2) is 11.5 Å². The van der Waals surface area contributed by atoms with Crippen molar-refractivity contribution in [3.8, 4) is 11.5 Å². The molecule has 0 spiro atoms. The van der Waals surface area contributed by atoms with Crippen LogP contribution in [0, 0.1) is 0 Å². The minimum absolute atomic E-state index is 0.0797. The van der Waals surface area contributed by atoms with Gasteiger partial charge in [-0.1, -0.05) is 0 Å². The number of nitrogens with two attached hydrogens (primary N) is 1. The first-order chi connectivity index (χ1) is 8.72. The number of carbonyl (C=O) groups is 1. The molecule has 5 heteroatoms. The molecule has 1 amide bonds. The lowest BCUT2D eigenvalue weighted by molar-refractivity contribution is 0.0909. The molecule has 0 radical (unpaired) electrons. The molecule has 1 aliphatic carbocycles. The molecule has 1 aromatic carbocycles. The fraction of sp³-hybridized carbons (Fsp3) is 0.462. The normalized spacial score (nSPS) is 25.2. The van der Waals surface area contributed by atoms with Crippen LogP contribution in [0.3, 0.4) is 0 Å². The molecule has 1 aromatic rings. The van der Waals surface area contributed by atoms with Gasteiger partial charge in [-0.05, 0) is 31.0 Å². The zero-order valence-corrected chi connectivity index (χ0v) is 10.0. The van der Waals surface area contributed by atoms with Gasteiger partial charge in [0, 0.05) is 17.6 Å². The molecule has 0 aromatic heterocycles. The van der Waals surface area contributed by atoms with Crippen LogP contribution in [-0.2, 0) is 0 Å². The monoisotopic (exact) mass is 248 g/mol. The van der Waals surface area contributed by atoms with Crippen molar-refractivity contribution < 1.29 is 14.3 Å². The van der Waals surface area contributed by atoms with E-state index in [-0.39, 0.29) is 18.0 Å². The fourth-order valence-electron chi connectivity index (χ4n) is 2.23. The average Bonchev–Trinajstić information content (AvgIpc) is 2.36. The minimum atomic E-state index is -0.0797. The highest BCUT2D eigenvalue weighted by atomic mass is 16.6. The summed E-state index contributed by atoms with van der Waals surface area (Å²) in [6.07, 6.45) is 1.71. The first-order valence-corrected chi connectivity index (χ1v) is 6.18. The second kappa shape index (κ2) is 4.49. The van der Waals surface area contributed by atoms with Crippen LogP contribution in [0.15, 0.2) is 18.2 Å². The molecule has 1 aliphatic heterocycles. The van der Waals surface area contributed by atoms with E-state index in [4.69, 9.17) is 15.2 Å². The van der Waals surface area contributed by atoms with Crippen molar-refractivity contribution in [2.24, 2.45) is 5.73 Å². The molecular weight excluding hydrogens is 232 g/mol. The van der Waals surface area contributed by atoms with Crippen molar-refractivity contribution in [2.45, 2.75) is 24.9 Å². The first-order valence-electron chi connectivity index (χ1n) is 6.18. The summed E-state index contributed by atoms with van der Waals surface area (Å²) >= 11 is 0. The van der Waals surface area contributed by atoms with E-state index >= 15 is 0 Å². The van der Waals surface area contributed by atoms with Gasteiger partial charge in [0.1, 0.15) is 13.2 Å². The summed E-state index contributed by atoms with van der Waals surface area (Å²) in [6, 6.07) is 5.69. The highest BCUT2D eigenvalue weighted by molar-refractivity contribution is 5.95. The molecule has 1 fully saturated rings. The second-order valence-electron chi connectivity index (χ2n) is 4.76. The Bertz CT molecular complexity index is 469. The summed E-state index contributed by atoms with van der Waals surface area (Å²) in [7, 11) is 0. The quantitative estimate of drug-likeness (QED) is 0.807. The Labute approximate surface area is 105 Å². The van der Waals surface area contributed by atoms with Crippen molar-refractivity contribution >= 4 is 5.91 Å². The minimum Gasteiger partial charge on any atom is -0.486 e. The van der Waals surface area contributed by atoms with E-state index in [9.17, 15) is 4.79 Å². The van der Waals surface area contributed by atoms with Gasteiger partial charge in [-0.15, -0.1) is 0 Å². The van der Waals surface area contributed by atoms with E-state index in [1.54, 1.807) is 18.2 Å². The Morgan fingerprint density at radius 3 is 2.67 bits per heavy atom. The third kappa shape index (κ3) is 2.13. The maximum atomic E-state index is 12.0. The van der Waals surface area contributed by atoms with Crippen LogP contribution in [0.4, 0.5) is 0 Å². The number of carbonyl (C=O) groups excluding carboxylic acids is 1. The molecule has 1 heterocycles. The number of hydrogen-bond donors (Lipinski definition) is 2. The highest BCUT2D eigenvalue weighted by Crippen LogP contribution is 2.30. The molecule has 0 saturated heterocycles. The molecule has 0 bridgehead atoms. The second-order valence-corrected chi connectivity index (χ2v) is 4.76. The van der Waals surface area contributed by atoms with Crippen molar-refractivity contribution in [1.82, 2.24) is 5.32 Å². The molecule has 18 heavy (non-hydrogen) atoms. The van der Waals surface area contributed by atoms with Crippen molar-refractivity contribution in [1.29, 1.82) is 0 Å². The third-order valence-electron chi connectivity index (χ3n) is 3.31. The zero-order chi connectivity index (χ0) is 12.5. The maximum absolute atomic E-state index is 12.0. The largest absolute Gasteiger partial charge is 0.486 e.